The molecule has 0 spiro atoms. The summed E-state index contributed by atoms with van der Waals surface area (Å²) in [6.45, 7) is 3.97. The Kier molecular flexibility index (Phi) is 59.4. The van der Waals surface area contributed by atoms with Crippen LogP contribution in [-0.2, 0) is 19.1 Å². The molecule has 0 heterocycles. The number of unbranched alkanes of at least 4 members (excludes halogenated alkanes) is 32. The second-order valence-corrected chi connectivity index (χ2v) is 20.4. The number of esters is 2. The van der Waals surface area contributed by atoms with Crippen molar-refractivity contribution < 1.29 is 24.2 Å². The monoisotopic (exact) mass is 1000 g/mol. The Morgan fingerprint density at radius 2 is 0.625 bits per heavy atom. The fourth-order valence-corrected chi connectivity index (χ4v) is 8.79. The van der Waals surface area contributed by atoms with Gasteiger partial charge in [0.25, 0.3) is 0 Å². The van der Waals surface area contributed by atoms with Gasteiger partial charge < -0.3 is 14.6 Å². The van der Waals surface area contributed by atoms with Crippen molar-refractivity contribution in [2.45, 2.75) is 302 Å². The van der Waals surface area contributed by atoms with E-state index in [9.17, 15) is 14.7 Å². The lowest BCUT2D eigenvalue weighted by atomic mass is 10.0. The summed E-state index contributed by atoms with van der Waals surface area (Å²) in [6.07, 6.45) is 88.6. The van der Waals surface area contributed by atoms with E-state index >= 15 is 0 Å². The maximum absolute atomic E-state index is 12.2. The fourth-order valence-electron chi connectivity index (χ4n) is 8.79. The Morgan fingerprint density at radius 3 is 0.958 bits per heavy atom. The third-order valence-electron chi connectivity index (χ3n) is 13.4. The minimum absolute atomic E-state index is 0.0981. The van der Waals surface area contributed by atoms with E-state index in [0.717, 1.165) is 64.2 Å². The van der Waals surface area contributed by atoms with E-state index in [-0.39, 0.29) is 25.6 Å². The van der Waals surface area contributed by atoms with Crippen molar-refractivity contribution in [3.8, 4) is 0 Å². The van der Waals surface area contributed by atoms with Crippen LogP contribution in [0.3, 0.4) is 0 Å². The third-order valence-corrected chi connectivity index (χ3v) is 13.4. The Labute approximate surface area is 447 Å². The summed E-state index contributed by atoms with van der Waals surface area (Å²) in [5.74, 6) is -0.683. The number of carbonyl (C=O) groups excluding carboxylic acids is 2. The van der Waals surface area contributed by atoms with Gasteiger partial charge in [0.1, 0.15) is 6.61 Å². The summed E-state index contributed by atoms with van der Waals surface area (Å²) in [7, 11) is 0. The van der Waals surface area contributed by atoms with Crippen LogP contribution in [0.25, 0.3) is 0 Å². The maximum atomic E-state index is 12.2. The molecule has 0 saturated heterocycles. The van der Waals surface area contributed by atoms with E-state index in [4.69, 9.17) is 9.47 Å². The lowest BCUT2D eigenvalue weighted by Gasteiger charge is -2.15. The highest BCUT2D eigenvalue weighted by atomic mass is 16.6. The molecule has 0 aromatic heterocycles. The SMILES string of the molecule is CC/C=C\C/C=C\C/C=C\C/C=C\C/C=C\C/C=C\CCC(=O)OC(CO)COC(=O)CCCCCCCCCCCCCCCCCCCCCCCCCCCCC/C=C\C/C=C\CCCCCCC. The number of allylic oxidation sites excluding steroid dienone is 16. The van der Waals surface area contributed by atoms with Gasteiger partial charge in [-0.1, -0.05) is 297 Å². The molecule has 0 saturated carbocycles. The first-order chi connectivity index (χ1) is 35.6. The first-order valence-corrected chi connectivity index (χ1v) is 30.8. The van der Waals surface area contributed by atoms with Crippen LogP contribution in [0.4, 0.5) is 0 Å². The van der Waals surface area contributed by atoms with Crippen LogP contribution < -0.4 is 0 Å². The zero-order valence-corrected chi connectivity index (χ0v) is 47.4. The molecule has 5 heteroatoms. The highest BCUT2D eigenvalue weighted by Gasteiger charge is 2.16. The number of ether oxygens (including phenoxy) is 2. The van der Waals surface area contributed by atoms with Gasteiger partial charge in [-0.05, 0) is 83.5 Å². The van der Waals surface area contributed by atoms with Crippen molar-refractivity contribution in [3.63, 3.8) is 0 Å². The van der Waals surface area contributed by atoms with Gasteiger partial charge in [0.05, 0.1) is 6.61 Å². The van der Waals surface area contributed by atoms with Gasteiger partial charge in [-0.15, -0.1) is 0 Å². The number of aliphatic hydroxyl groups excluding tert-OH is 1. The van der Waals surface area contributed by atoms with Gasteiger partial charge in [0.2, 0.25) is 0 Å². The molecule has 0 aromatic rings. The van der Waals surface area contributed by atoms with Crippen LogP contribution in [0.1, 0.15) is 296 Å². The fraction of sp³-hybridized carbons (Fsp3) is 0.731. The van der Waals surface area contributed by atoms with Gasteiger partial charge in [-0.2, -0.15) is 0 Å². The zero-order chi connectivity index (χ0) is 52.0. The molecule has 1 unspecified atom stereocenters. The van der Waals surface area contributed by atoms with E-state index in [1.807, 2.05) is 12.2 Å². The normalized spacial score (nSPS) is 12.9. The molecule has 0 fully saturated rings. The second-order valence-electron chi connectivity index (χ2n) is 20.4. The molecule has 72 heavy (non-hydrogen) atoms. The lowest BCUT2D eigenvalue weighted by Crippen LogP contribution is -2.28. The molecule has 1 atom stereocenters. The Balaban J connectivity index is 3.45. The van der Waals surface area contributed by atoms with Crippen molar-refractivity contribution >= 4 is 11.9 Å². The van der Waals surface area contributed by atoms with Crippen LogP contribution in [0, 0.1) is 0 Å². The van der Waals surface area contributed by atoms with Crippen LogP contribution in [-0.4, -0.2) is 36.4 Å². The summed E-state index contributed by atoms with van der Waals surface area (Å²) in [4.78, 5) is 24.5. The number of carbonyl (C=O) groups is 2. The number of hydrogen-bond donors (Lipinski definition) is 1. The zero-order valence-electron chi connectivity index (χ0n) is 47.4. The predicted octanol–water partition coefficient (Wildman–Crippen LogP) is 21.1. The van der Waals surface area contributed by atoms with Gasteiger partial charge in [0, 0.05) is 12.8 Å². The first-order valence-electron chi connectivity index (χ1n) is 30.8. The molecular formula is C67H116O5. The molecule has 5 nitrogen and oxygen atoms in total. The molecule has 0 aliphatic carbocycles. The van der Waals surface area contributed by atoms with E-state index in [0.29, 0.717) is 12.8 Å². The predicted molar refractivity (Wildman–Crippen MR) is 316 cm³/mol. The maximum Gasteiger partial charge on any atom is 0.306 e. The molecule has 0 bridgehead atoms. The molecule has 0 aliphatic heterocycles. The van der Waals surface area contributed by atoms with Gasteiger partial charge in [-0.25, -0.2) is 0 Å². The molecule has 0 aliphatic rings. The van der Waals surface area contributed by atoms with Crippen LogP contribution in [0.5, 0.6) is 0 Å². The highest BCUT2D eigenvalue weighted by molar-refractivity contribution is 5.70. The van der Waals surface area contributed by atoms with E-state index in [2.05, 4.69) is 98.9 Å². The minimum atomic E-state index is -0.817. The minimum Gasteiger partial charge on any atom is -0.462 e. The largest absolute Gasteiger partial charge is 0.462 e. The van der Waals surface area contributed by atoms with Gasteiger partial charge >= 0.3 is 11.9 Å². The Morgan fingerprint density at radius 1 is 0.333 bits per heavy atom. The summed E-state index contributed by atoms with van der Waals surface area (Å²) in [5, 5.41) is 9.63. The summed E-state index contributed by atoms with van der Waals surface area (Å²) in [5.41, 5.74) is 0. The van der Waals surface area contributed by atoms with Crippen molar-refractivity contribution in [2.24, 2.45) is 0 Å². The van der Waals surface area contributed by atoms with Crippen molar-refractivity contribution in [3.05, 3.63) is 97.2 Å². The van der Waals surface area contributed by atoms with Crippen molar-refractivity contribution in [2.75, 3.05) is 13.2 Å². The molecule has 0 aromatic carbocycles. The summed E-state index contributed by atoms with van der Waals surface area (Å²) in [6, 6.07) is 0. The number of aliphatic hydroxyl groups is 1. The summed E-state index contributed by atoms with van der Waals surface area (Å²) >= 11 is 0. The van der Waals surface area contributed by atoms with Crippen LogP contribution in [0.15, 0.2) is 97.2 Å². The molecule has 0 amide bonds. The Bertz CT molecular complexity index is 1360. The standard InChI is InChI=1S/C67H116O5/c1-3-5-7-9-11-13-15-17-19-21-23-24-25-26-27-28-29-30-31-32-33-34-35-36-37-38-39-40-41-42-44-45-47-49-51-53-55-57-59-61-66(69)71-64-65(63-68)72-67(70)62-60-58-56-54-52-50-48-46-43-22-20-18-16-14-12-10-8-6-4-2/h6,8,12,14-15,17-18,20-21,23,43,46,50,52,56,58,65,68H,3-5,7,9-11,13,16,19,22,24-42,44-45,47-49,51,53-55,57,59-64H2,1-2H3/b8-6-,14-12-,17-15-,20-18-,23-21-,46-43-,52-50-,58-56-. The van der Waals surface area contributed by atoms with E-state index in [1.165, 1.54) is 199 Å². The first kappa shape index (κ1) is 68.8. The number of rotatable bonds is 56. The average Bonchev–Trinajstić information content (AvgIpc) is 3.38. The van der Waals surface area contributed by atoms with Gasteiger partial charge in [-0.3, -0.25) is 9.59 Å². The van der Waals surface area contributed by atoms with Gasteiger partial charge in [0.15, 0.2) is 6.10 Å². The molecular weight excluding hydrogens is 885 g/mol. The molecule has 0 radical (unpaired) electrons. The average molecular weight is 1000 g/mol. The Hall–Kier alpha value is -3.18. The second kappa shape index (κ2) is 62.1. The van der Waals surface area contributed by atoms with Crippen LogP contribution >= 0.6 is 0 Å². The van der Waals surface area contributed by atoms with E-state index < -0.39 is 12.1 Å². The van der Waals surface area contributed by atoms with Crippen molar-refractivity contribution in [1.82, 2.24) is 0 Å². The third kappa shape index (κ3) is 59.4. The highest BCUT2D eigenvalue weighted by Crippen LogP contribution is 2.17. The smallest absolute Gasteiger partial charge is 0.306 e. The van der Waals surface area contributed by atoms with Crippen LogP contribution in [0.2, 0.25) is 0 Å². The molecule has 1 N–H and O–H groups in total. The summed E-state index contributed by atoms with van der Waals surface area (Å²) < 4.78 is 10.6. The van der Waals surface area contributed by atoms with E-state index in [1.54, 1.807) is 0 Å². The molecule has 0 rings (SSSR count). The molecule has 414 valence electrons. The lowest BCUT2D eigenvalue weighted by molar-refractivity contribution is -0.161. The van der Waals surface area contributed by atoms with Crippen molar-refractivity contribution in [1.29, 1.82) is 0 Å². The number of hydrogen-bond acceptors (Lipinski definition) is 5. The topological polar surface area (TPSA) is 72.8 Å². The quantitative estimate of drug-likeness (QED) is 0.0373.